The summed E-state index contributed by atoms with van der Waals surface area (Å²) in [4.78, 5) is 52.1. The van der Waals surface area contributed by atoms with Gasteiger partial charge in [0.25, 0.3) is 5.91 Å². The van der Waals surface area contributed by atoms with Crippen molar-refractivity contribution in [1.82, 2.24) is 30.4 Å². The van der Waals surface area contributed by atoms with Gasteiger partial charge >= 0.3 is 11.8 Å². The number of carbonyl (C=O) groups is 3. The number of hydrogen-bond acceptors (Lipinski definition) is 9. The molecule has 12 heteroatoms. The van der Waals surface area contributed by atoms with Gasteiger partial charge < -0.3 is 21.1 Å². The largest absolute Gasteiger partial charge is 0.378 e. The Kier molecular flexibility index (Phi) is 8.53. The normalized spacial score (nSPS) is 22.4. The van der Waals surface area contributed by atoms with Crippen LogP contribution in [0.2, 0.25) is 0 Å². The van der Waals surface area contributed by atoms with E-state index in [0.29, 0.717) is 37.4 Å². The molecule has 0 radical (unpaired) electrons. The molecule has 4 N–H and O–H groups in total. The van der Waals surface area contributed by atoms with Gasteiger partial charge in [-0.1, -0.05) is 13.0 Å². The smallest absolute Gasteiger partial charge is 0.314 e. The highest BCUT2D eigenvalue weighted by Crippen LogP contribution is 2.30. The van der Waals surface area contributed by atoms with Crippen LogP contribution in [-0.2, 0) is 22.7 Å². The van der Waals surface area contributed by atoms with Gasteiger partial charge in [-0.3, -0.25) is 24.2 Å². The van der Waals surface area contributed by atoms with Gasteiger partial charge in [-0.2, -0.15) is 0 Å². The van der Waals surface area contributed by atoms with E-state index in [-0.39, 0.29) is 17.6 Å². The van der Waals surface area contributed by atoms with Crippen molar-refractivity contribution in [2.45, 2.75) is 64.5 Å². The summed E-state index contributed by atoms with van der Waals surface area (Å²) in [6.07, 6.45) is 2.53. The molecule has 37 heavy (non-hydrogen) atoms. The van der Waals surface area contributed by atoms with Crippen LogP contribution in [0.1, 0.15) is 52.1 Å². The Balaban J connectivity index is 1.44. The second-order valence-electron chi connectivity index (χ2n) is 9.96. The van der Waals surface area contributed by atoms with Gasteiger partial charge in [0.1, 0.15) is 12.0 Å². The van der Waals surface area contributed by atoms with Gasteiger partial charge in [0.05, 0.1) is 5.69 Å². The highest BCUT2D eigenvalue weighted by molar-refractivity contribution is 7.13. The summed E-state index contributed by atoms with van der Waals surface area (Å²) in [5.74, 6) is -1.74. The van der Waals surface area contributed by atoms with E-state index >= 15 is 0 Å². The van der Waals surface area contributed by atoms with Crippen molar-refractivity contribution in [3.63, 3.8) is 0 Å². The predicted molar refractivity (Wildman–Crippen MR) is 140 cm³/mol. The third kappa shape index (κ3) is 6.50. The van der Waals surface area contributed by atoms with Crippen molar-refractivity contribution < 1.29 is 19.5 Å². The number of aliphatic hydroxyl groups is 1. The van der Waals surface area contributed by atoms with E-state index in [0.717, 1.165) is 22.7 Å². The quantitative estimate of drug-likeness (QED) is 0.309. The molecule has 2 aliphatic rings. The number of thiazole rings is 1. The van der Waals surface area contributed by atoms with E-state index in [9.17, 15) is 19.5 Å². The molecule has 0 aromatic carbocycles. The maximum Gasteiger partial charge on any atom is 0.314 e. The minimum absolute atomic E-state index is 0.0936. The first kappa shape index (κ1) is 27.1. The van der Waals surface area contributed by atoms with Crippen molar-refractivity contribution in [3.8, 4) is 0 Å². The van der Waals surface area contributed by atoms with Crippen LogP contribution in [0.5, 0.6) is 0 Å². The average Bonchev–Trinajstić information content (AvgIpc) is 3.43. The van der Waals surface area contributed by atoms with Crippen LogP contribution in [0.3, 0.4) is 0 Å². The van der Waals surface area contributed by atoms with Crippen LogP contribution < -0.4 is 16.0 Å². The third-order valence-electron chi connectivity index (χ3n) is 7.06. The Hall–Kier alpha value is -2.93. The SMILES string of the molecule is CCN(C)C(O)[C@H]1CC[C@H](NC(=O)C(=O)Nc2ccc(C)cn2)C(NC(=O)c2nc3c(s2)CN(C)C3)C1. The molecule has 1 fully saturated rings. The molecule has 2 unspecified atom stereocenters. The molecule has 4 rings (SSSR count). The van der Waals surface area contributed by atoms with Crippen molar-refractivity contribution in [3.05, 3.63) is 39.5 Å². The van der Waals surface area contributed by atoms with Gasteiger partial charge in [0, 0.05) is 42.2 Å². The maximum atomic E-state index is 13.2. The topological polar surface area (TPSA) is 140 Å². The van der Waals surface area contributed by atoms with E-state index in [4.69, 9.17) is 0 Å². The number of nitrogens with zero attached hydrogens (tertiary/aromatic N) is 4. The summed E-state index contributed by atoms with van der Waals surface area (Å²) in [5, 5.41) is 19.5. The standard InChI is InChI=1S/C25H35N7O4S/c1-5-32(4)25(36)15-7-8-16(27-21(33)22(34)30-20-9-6-14(2)11-26-20)17(10-15)28-23(35)24-29-18-12-31(3)13-19(18)37-24/h6,9,11,15-17,25,36H,5,7-8,10,12-13H2,1-4H3,(H,27,33)(H,28,35)(H,26,30,34)/t15-,16-,17?,25?/m0/s1. The van der Waals surface area contributed by atoms with Gasteiger partial charge in [0.2, 0.25) is 0 Å². The summed E-state index contributed by atoms with van der Waals surface area (Å²) in [6.45, 7) is 6.01. The van der Waals surface area contributed by atoms with Crippen LogP contribution in [0, 0.1) is 12.8 Å². The molecule has 3 heterocycles. The number of pyridine rings is 1. The zero-order valence-corrected chi connectivity index (χ0v) is 22.5. The Morgan fingerprint density at radius 2 is 1.97 bits per heavy atom. The molecule has 1 aliphatic carbocycles. The molecule has 3 amide bonds. The number of aliphatic hydroxyl groups excluding tert-OH is 1. The van der Waals surface area contributed by atoms with Gasteiger partial charge in [-0.15, -0.1) is 11.3 Å². The fourth-order valence-corrected chi connectivity index (χ4v) is 5.87. The molecule has 200 valence electrons. The summed E-state index contributed by atoms with van der Waals surface area (Å²) < 4.78 is 0. The predicted octanol–water partition coefficient (Wildman–Crippen LogP) is 1.08. The van der Waals surface area contributed by atoms with Gasteiger partial charge in [-0.25, -0.2) is 9.97 Å². The fraction of sp³-hybridized carbons (Fsp3) is 0.560. The number of aromatic nitrogens is 2. The molecule has 1 aliphatic heterocycles. The minimum Gasteiger partial charge on any atom is -0.378 e. The van der Waals surface area contributed by atoms with Crippen LogP contribution in [0.25, 0.3) is 0 Å². The van der Waals surface area contributed by atoms with E-state index in [2.05, 4.69) is 30.8 Å². The number of aryl methyl sites for hydroxylation is 1. The van der Waals surface area contributed by atoms with E-state index < -0.39 is 30.1 Å². The minimum atomic E-state index is -0.824. The fourth-order valence-electron chi connectivity index (χ4n) is 4.82. The molecule has 0 saturated heterocycles. The number of carbonyl (C=O) groups excluding carboxylic acids is 3. The monoisotopic (exact) mass is 529 g/mol. The van der Waals surface area contributed by atoms with E-state index in [1.165, 1.54) is 11.3 Å². The Bertz CT molecular complexity index is 1120. The van der Waals surface area contributed by atoms with Crippen LogP contribution in [-0.4, -0.2) is 81.5 Å². The Labute approximate surface area is 220 Å². The Morgan fingerprint density at radius 1 is 1.19 bits per heavy atom. The number of hydrogen-bond donors (Lipinski definition) is 4. The number of rotatable bonds is 7. The molecule has 2 aromatic heterocycles. The van der Waals surface area contributed by atoms with Gasteiger partial charge in [0.15, 0.2) is 5.01 Å². The van der Waals surface area contributed by atoms with Crippen molar-refractivity contribution in [2.24, 2.45) is 5.92 Å². The van der Waals surface area contributed by atoms with Crippen molar-refractivity contribution >= 4 is 34.9 Å². The second-order valence-corrected chi connectivity index (χ2v) is 11.0. The molecule has 0 spiro atoms. The Morgan fingerprint density at radius 3 is 2.65 bits per heavy atom. The summed E-state index contributed by atoms with van der Waals surface area (Å²) in [5.41, 5.74) is 1.86. The lowest BCUT2D eigenvalue weighted by Gasteiger charge is -2.40. The summed E-state index contributed by atoms with van der Waals surface area (Å²) in [7, 11) is 3.86. The molecule has 1 saturated carbocycles. The van der Waals surface area contributed by atoms with E-state index in [1.807, 2.05) is 32.8 Å². The molecule has 2 aromatic rings. The van der Waals surface area contributed by atoms with Crippen molar-refractivity contribution in [2.75, 3.05) is 26.0 Å². The number of amides is 3. The maximum absolute atomic E-state index is 13.2. The first-order valence-electron chi connectivity index (χ1n) is 12.5. The third-order valence-corrected chi connectivity index (χ3v) is 8.14. The average molecular weight is 530 g/mol. The molecular weight excluding hydrogens is 494 g/mol. The first-order chi connectivity index (χ1) is 17.6. The molecular formula is C25H35N7O4S. The van der Waals surface area contributed by atoms with Crippen LogP contribution in [0.15, 0.2) is 18.3 Å². The lowest BCUT2D eigenvalue weighted by molar-refractivity contribution is -0.137. The van der Waals surface area contributed by atoms with Crippen LogP contribution >= 0.6 is 11.3 Å². The highest BCUT2D eigenvalue weighted by atomic mass is 32.1. The van der Waals surface area contributed by atoms with Gasteiger partial charge in [-0.05, 0) is 58.5 Å². The first-order valence-corrected chi connectivity index (χ1v) is 13.4. The summed E-state index contributed by atoms with van der Waals surface area (Å²) >= 11 is 1.38. The second kappa shape index (κ2) is 11.6. The molecule has 0 bridgehead atoms. The van der Waals surface area contributed by atoms with Crippen LogP contribution in [0.4, 0.5) is 5.82 Å². The molecule has 4 atom stereocenters. The summed E-state index contributed by atoms with van der Waals surface area (Å²) in [6, 6.07) is 2.48. The lowest BCUT2D eigenvalue weighted by Crippen LogP contribution is -2.57. The lowest BCUT2D eigenvalue weighted by atomic mass is 9.80. The number of fused-ring (bicyclic) bond motifs is 1. The van der Waals surface area contributed by atoms with E-state index in [1.54, 1.807) is 18.3 Å². The number of anilines is 1. The van der Waals surface area contributed by atoms with Crippen molar-refractivity contribution in [1.29, 1.82) is 0 Å². The zero-order valence-electron chi connectivity index (χ0n) is 21.7. The number of nitrogens with one attached hydrogen (secondary N) is 3. The highest BCUT2D eigenvalue weighted by Gasteiger charge is 2.38. The molecule has 11 nitrogen and oxygen atoms in total. The zero-order chi connectivity index (χ0) is 26.7.